The highest BCUT2D eigenvalue weighted by Crippen LogP contribution is 2.20. The third-order valence-electron chi connectivity index (χ3n) is 5.12. The molecule has 0 spiro atoms. The Kier molecular flexibility index (Phi) is 11.6. The molecule has 33 heavy (non-hydrogen) atoms. The SMILES string of the molecule is CSCCC(NC(=O)C(N)CCC(N)=O)C(=O)N1CCCC1C(=O)NC(CC(N)=O)C(=O)O. The first-order chi connectivity index (χ1) is 15.5. The van der Waals surface area contributed by atoms with E-state index in [1.165, 1.54) is 16.7 Å². The van der Waals surface area contributed by atoms with Crippen LogP contribution in [0.2, 0.25) is 0 Å². The van der Waals surface area contributed by atoms with E-state index in [-0.39, 0.29) is 25.8 Å². The average Bonchev–Trinajstić information content (AvgIpc) is 3.23. The van der Waals surface area contributed by atoms with Crippen LogP contribution in [0.1, 0.15) is 38.5 Å². The van der Waals surface area contributed by atoms with Crippen LogP contribution < -0.4 is 27.8 Å². The summed E-state index contributed by atoms with van der Waals surface area (Å²) in [6.45, 7) is 0.240. The zero-order valence-electron chi connectivity index (χ0n) is 18.5. The van der Waals surface area contributed by atoms with E-state index in [4.69, 9.17) is 17.2 Å². The van der Waals surface area contributed by atoms with Gasteiger partial charge in [0.2, 0.25) is 29.5 Å². The number of aliphatic carboxylic acids is 1. The number of rotatable bonds is 14. The van der Waals surface area contributed by atoms with Gasteiger partial charge in [-0.05, 0) is 37.7 Å². The third kappa shape index (κ3) is 9.26. The van der Waals surface area contributed by atoms with Crippen LogP contribution >= 0.6 is 11.8 Å². The second kappa shape index (κ2) is 13.6. The van der Waals surface area contributed by atoms with E-state index in [0.29, 0.717) is 18.6 Å². The van der Waals surface area contributed by atoms with Gasteiger partial charge in [0.05, 0.1) is 12.5 Å². The van der Waals surface area contributed by atoms with E-state index in [2.05, 4.69) is 10.6 Å². The Morgan fingerprint density at radius 2 is 1.73 bits per heavy atom. The maximum atomic E-state index is 13.2. The van der Waals surface area contributed by atoms with Crippen molar-refractivity contribution >= 4 is 47.3 Å². The first kappa shape index (κ1) is 28.2. The fraction of sp³-hybridized carbons (Fsp3) is 0.684. The molecule has 0 aromatic heterocycles. The summed E-state index contributed by atoms with van der Waals surface area (Å²) >= 11 is 1.46. The van der Waals surface area contributed by atoms with Crippen molar-refractivity contribution in [2.75, 3.05) is 18.6 Å². The average molecular weight is 489 g/mol. The van der Waals surface area contributed by atoms with Crippen LogP contribution in [0.5, 0.6) is 0 Å². The molecule has 1 heterocycles. The second-order valence-corrected chi connectivity index (χ2v) is 8.70. The van der Waals surface area contributed by atoms with E-state index in [9.17, 15) is 33.9 Å². The monoisotopic (exact) mass is 488 g/mol. The first-order valence-electron chi connectivity index (χ1n) is 10.4. The van der Waals surface area contributed by atoms with Crippen molar-refractivity contribution in [1.82, 2.24) is 15.5 Å². The van der Waals surface area contributed by atoms with Gasteiger partial charge in [-0.2, -0.15) is 11.8 Å². The number of primary amides is 2. The molecule has 4 unspecified atom stereocenters. The number of carbonyl (C=O) groups excluding carboxylic acids is 5. The molecule has 1 saturated heterocycles. The molecular weight excluding hydrogens is 456 g/mol. The molecule has 1 aliphatic rings. The smallest absolute Gasteiger partial charge is 0.326 e. The van der Waals surface area contributed by atoms with E-state index in [1.807, 2.05) is 6.26 Å². The molecule has 0 aromatic rings. The highest BCUT2D eigenvalue weighted by molar-refractivity contribution is 7.98. The highest BCUT2D eigenvalue weighted by Gasteiger charge is 2.39. The molecule has 1 fully saturated rings. The molecule has 9 N–H and O–H groups in total. The minimum atomic E-state index is -1.51. The Bertz CT molecular complexity index is 765. The fourth-order valence-corrected chi connectivity index (χ4v) is 3.84. The van der Waals surface area contributed by atoms with Crippen molar-refractivity contribution in [3.05, 3.63) is 0 Å². The van der Waals surface area contributed by atoms with Crippen LogP contribution in [0, 0.1) is 0 Å². The number of hydrogen-bond donors (Lipinski definition) is 6. The summed E-state index contributed by atoms with van der Waals surface area (Å²) in [5, 5.41) is 14.1. The maximum Gasteiger partial charge on any atom is 0.326 e. The largest absolute Gasteiger partial charge is 0.480 e. The topological polar surface area (TPSA) is 228 Å². The minimum absolute atomic E-state index is 0.0236. The van der Waals surface area contributed by atoms with Crippen molar-refractivity contribution in [3.8, 4) is 0 Å². The fourth-order valence-electron chi connectivity index (χ4n) is 3.37. The van der Waals surface area contributed by atoms with Gasteiger partial charge < -0.3 is 37.8 Å². The van der Waals surface area contributed by atoms with Gasteiger partial charge in [-0.15, -0.1) is 0 Å². The number of nitrogens with two attached hydrogens (primary N) is 3. The van der Waals surface area contributed by atoms with Gasteiger partial charge in [-0.3, -0.25) is 24.0 Å². The molecule has 13 nitrogen and oxygen atoms in total. The second-order valence-electron chi connectivity index (χ2n) is 7.71. The maximum absolute atomic E-state index is 13.2. The predicted molar refractivity (Wildman–Crippen MR) is 119 cm³/mol. The lowest BCUT2D eigenvalue weighted by molar-refractivity contribution is -0.145. The summed E-state index contributed by atoms with van der Waals surface area (Å²) in [6, 6.07) is -4.46. The summed E-state index contributed by atoms with van der Waals surface area (Å²) in [6.07, 6.45) is 2.26. The summed E-state index contributed by atoms with van der Waals surface area (Å²) < 4.78 is 0. The Morgan fingerprint density at radius 1 is 1.06 bits per heavy atom. The third-order valence-corrected chi connectivity index (χ3v) is 5.77. The molecule has 0 saturated carbocycles. The molecule has 0 bridgehead atoms. The quantitative estimate of drug-likeness (QED) is 0.149. The zero-order valence-corrected chi connectivity index (χ0v) is 19.3. The molecule has 186 valence electrons. The van der Waals surface area contributed by atoms with Crippen LogP contribution in [0.4, 0.5) is 0 Å². The summed E-state index contributed by atoms with van der Waals surface area (Å²) in [4.78, 5) is 72.9. The van der Waals surface area contributed by atoms with Crippen molar-refractivity contribution in [2.45, 2.75) is 62.7 Å². The molecule has 5 amide bonds. The molecule has 0 radical (unpaired) electrons. The molecule has 1 aliphatic heterocycles. The lowest BCUT2D eigenvalue weighted by Gasteiger charge is -2.30. The molecule has 4 atom stereocenters. The lowest BCUT2D eigenvalue weighted by Crippen LogP contribution is -2.57. The van der Waals surface area contributed by atoms with Gasteiger partial charge in [0.25, 0.3) is 0 Å². The first-order valence-corrected chi connectivity index (χ1v) is 11.8. The van der Waals surface area contributed by atoms with Crippen molar-refractivity contribution in [2.24, 2.45) is 17.2 Å². The van der Waals surface area contributed by atoms with Crippen molar-refractivity contribution < 1.29 is 33.9 Å². The van der Waals surface area contributed by atoms with E-state index in [0.717, 1.165) is 0 Å². The number of carbonyl (C=O) groups is 6. The van der Waals surface area contributed by atoms with Crippen LogP contribution in [0.3, 0.4) is 0 Å². The molecule has 0 aliphatic carbocycles. The number of hydrogen-bond acceptors (Lipinski definition) is 8. The number of likely N-dealkylation sites (tertiary alicyclic amines) is 1. The number of carboxylic acids is 1. The number of nitrogens with zero attached hydrogens (tertiary/aromatic N) is 1. The van der Waals surface area contributed by atoms with Crippen molar-refractivity contribution in [3.63, 3.8) is 0 Å². The minimum Gasteiger partial charge on any atom is -0.480 e. The molecular formula is C19H32N6O7S. The molecule has 1 rings (SSSR count). The van der Waals surface area contributed by atoms with Gasteiger partial charge in [0.15, 0.2) is 0 Å². The van der Waals surface area contributed by atoms with Crippen molar-refractivity contribution in [1.29, 1.82) is 0 Å². The van der Waals surface area contributed by atoms with Crippen LogP contribution in [-0.2, 0) is 28.8 Å². The normalized spacial score (nSPS) is 18.1. The van der Waals surface area contributed by atoms with Crippen LogP contribution in [0.25, 0.3) is 0 Å². The van der Waals surface area contributed by atoms with Gasteiger partial charge in [0.1, 0.15) is 18.1 Å². The zero-order chi connectivity index (χ0) is 25.1. The van der Waals surface area contributed by atoms with Gasteiger partial charge >= 0.3 is 5.97 Å². The summed E-state index contributed by atoms with van der Waals surface area (Å²) in [5.41, 5.74) is 15.9. The van der Waals surface area contributed by atoms with Crippen LogP contribution in [0.15, 0.2) is 0 Å². The number of amides is 5. The van der Waals surface area contributed by atoms with Crippen LogP contribution in [-0.4, -0.2) is 88.2 Å². The van der Waals surface area contributed by atoms with Gasteiger partial charge in [-0.1, -0.05) is 0 Å². The molecule has 0 aromatic carbocycles. The number of carboxylic acid groups (broad SMARTS) is 1. The Balaban J connectivity index is 2.91. The lowest BCUT2D eigenvalue weighted by atomic mass is 10.1. The number of thioether (sulfide) groups is 1. The van der Waals surface area contributed by atoms with E-state index in [1.54, 1.807) is 0 Å². The number of nitrogens with one attached hydrogen (secondary N) is 2. The van der Waals surface area contributed by atoms with E-state index < -0.39 is 66.1 Å². The molecule has 14 heteroatoms. The Morgan fingerprint density at radius 3 is 2.27 bits per heavy atom. The predicted octanol–water partition coefficient (Wildman–Crippen LogP) is -2.75. The summed E-state index contributed by atoms with van der Waals surface area (Å²) in [7, 11) is 0. The highest BCUT2D eigenvalue weighted by atomic mass is 32.2. The Hall–Kier alpha value is -2.87. The Labute approximate surface area is 195 Å². The standard InChI is InChI=1S/C19H32N6O7S/c1-33-8-6-11(23-16(28)10(20)4-5-14(21)26)18(30)25-7-2-3-13(25)17(29)24-12(19(31)32)9-15(22)27/h10-13H,2-9,20H2,1H3,(H2,21,26)(H2,22,27)(H,23,28)(H,24,29)(H,31,32). The van der Waals surface area contributed by atoms with Gasteiger partial charge in [0, 0.05) is 13.0 Å². The van der Waals surface area contributed by atoms with E-state index >= 15 is 0 Å². The van der Waals surface area contributed by atoms with Gasteiger partial charge in [-0.25, -0.2) is 4.79 Å². The summed E-state index contributed by atoms with van der Waals surface area (Å²) in [5.74, 6) is -4.22.